The van der Waals surface area contributed by atoms with Crippen LogP contribution in [0.3, 0.4) is 0 Å². The lowest BCUT2D eigenvalue weighted by Gasteiger charge is -2.24. The molecule has 1 aromatic heterocycles. The fraction of sp³-hybridized carbons (Fsp3) is 0.520. The molecule has 0 radical (unpaired) electrons. The molecule has 2 aromatic rings. The summed E-state index contributed by atoms with van der Waals surface area (Å²) < 4.78 is 7.80. The second kappa shape index (κ2) is 9.92. The first-order valence-electron chi connectivity index (χ1n) is 11.8. The molecule has 182 valence electrons. The Morgan fingerprint density at radius 1 is 1.32 bits per heavy atom. The molecule has 2 atom stereocenters. The molecule has 3 heterocycles. The number of likely N-dealkylation sites (N-methyl/N-ethyl adjacent to an activating group) is 1. The van der Waals surface area contributed by atoms with Crippen molar-refractivity contribution in [2.45, 2.75) is 74.9 Å². The quantitative estimate of drug-likeness (QED) is 0.431. The maximum absolute atomic E-state index is 13.3. The van der Waals surface area contributed by atoms with Crippen LogP contribution < -0.4 is 10.6 Å². The summed E-state index contributed by atoms with van der Waals surface area (Å²) in [6, 6.07) is 8.26. The number of ketones is 1. The molecule has 1 aromatic carbocycles. The van der Waals surface area contributed by atoms with Gasteiger partial charge in [0.05, 0.1) is 17.9 Å². The summed E-state index contributed by atoms with van der Waals surface area (Å²) in [6.07, 6.45) is 4.48. The molecule has 34 heavy (non-hydrogen) atoms. The molecule has 4 rings (SSSR count). The van der Waals surface area contributed by atoms with Gasteiger partial charge in [-0.1, -0.05) is 43.8 Å². The fourth-order valence-corrected chi connectivity index (χ4v) is 5.62. The summed E-state index contributed by atoms with van der Waals surface area (Å²) in [4.78, 5) is 26.7. The molecule has 1 fully saturated rings. The Bertz CT molecular complexity index is 1100. The molecule has 8 nitrogen and oxygen atoms in total. The first kappa shape index (κ1) is 24.5. The Morgan fingerprint density at radius 3 is 2.76 bits per heavy atom. The molecule has 9 heteroatoms. The summed E-state index contributed by atoms with van der Waals surface area (Å²) in [5, 5.41) is 8.97. The van der Waals surface area contributed by atoms with E-state index in [0.29, 0.717) is 23.9 Å². The lowest BCUT2D eigenvalue weighted by molar-refractivity contribution is -0.118. The number of amides is 1. The highest BCUT2D eigenvalue weighted by Crippen LogP contribution is 2.46. The second-order valence-corrected chi connectivity index (χ2v) is 10.8. The molecule has 2 aliphatic rings. The molecular formula is C25H33N5O3S. The minimum atomic E-state index is -0.375. The molecule has 2 N–H and O–H groups in total. The van der Waals surface area contributed by atoms with E-state index < -0.39 is 0 Å². The van der Waals surface area contributed by atoms with Crippen LogP contribution in [0.15, 0.2) is 41.2 Å². The van der Waals surface area contributed by atoms with Gasteiger partial charge in [-0.25, -0.2) is 0 Å². The Balaban J connectivity index is 1.53. The standard InChI is InChI=1S/C25H33N5O3S/c1-16(20(31)14-21-25(2,3)18-9-5-6-10-19(18)29(21)4)34-24-28-27-23(12-11-22(26)32)30(24)15-17-8-7-13-33-17/h5-6,9-10,14,16-17H,7-8,11-13,15H2,1-4H3,(H2,26,32)/b21-14+/t16-,17-/m0/s1. The average molecular weight is 484 g/mol. The van der Waals surface area contributed by atoms with Gasteiger partial charge in [0.15, 0.2) is 10.9 Å². The van der Waals surface area contributed by atoms with E-state index >= 15 is 0 Å². The number of allylic oxidation sites excluding steroid dienone is 2. The second-order valence-electron chi connectivity index (χ2n) is 9.50. The Hall–Kier alpha value is -2.65. The monoisotopic (exact) mass is 483 g/mol. The predicted octanol–water partition coefficient (Wildman–Crippen LogP) is 3.24. The van der Waals surface area contributed by atoms with Crippen molar-refractivity contribution in [2.75, 3.05) is 18.6 Å². The van der Waals surface area contributed by atoms with Crippen molar-refractivity contribution >= 4 is 29.1 Å². The maximum Gasteiger partial charge on any atom is 0.217 e. The molecule has 0 aliphatic carbocycles. The van der Waals surface area contributed by atoms with Crippen molar-refractivity contribution in [1.29, 1.82) is 0 Å². The Morgan fingerprint density at radius 2 is 2.09 bits per heavy atom. The fourth-order valence-electron chi connectivity index (χ4n) is 4.73. The number of ether oxygens (including phenoxy) is 1. The van der Waals surface area contributed by atoms with E-state index in [2.05, 4.69) is 41.1 Å². The third-order valence-electron chi connectivity index (χ3n) is 6.70. The van der Waals surface area contributed by atoms with Crippen LogP contribution >= 0.6 is 11.8 Å². The van der Waals surface area contributed by atoms with E-state index in [1.807, 2.05) is 30.7 Å². The number of hydrogen-bond acceptors (Lipinski definition) is 7. The molecule has 2 aliphatic heterocycles. The number of rotatable bonds is 9. The number of anilines is 1. The number of primary amides is 1. The van der Waals surface area contributed by atoms with Crippen molar-refractivity contribution in [3.63, 3.8) is 0 Å². The summed E-state index contributed by atoms with van der Waals surface area (Å²) in [7, 11) is 2.01. The normalized spacial score (nSPS) is 21.1. The lowest BCUT2D eigenvalue weighted by atomic mass is 9.83. The topological polar surface area (TPSA) is 103 Å². The van der Waals surface area contributed by atoms with Gasteiger partial charge >= 0.3 is 0 Å². The molecule has 0 bridgehead atoms. The van der Waals surface area contributed by atoms with Gasteiger partial charge in [-0.2, -0.15) is 0 Å². The van der Waals surface area contributed by atoms with Crippen LogP contribution in [-0.4, -0.2) is 51.5 Å². The summed E-state index contributed by atoms with van der Waals surface area (Å²) in [5.41, 5.74) is 8.41. The number of aryl methyl sites for hydroxylation is 1. The molecular weight excluding hydrogens is 450 g/mol. The van der Waals surface area contributed by atoms with E-state index in [9.17, 15) is 9.59 Å². The minimum Gasteiger partial charge on any atom is -0.376 e. The van der Waals surface area contributed by atoms with Gasteiger partial charge in [0.1, 0.15) is 5.82 Å². The third kappa shape index (κ3) is 4.90. The number of benzene rings is 1. The highest BCUT2D eigenvalue weighted by molar-refractivity contribution is 8.00. The van der Waals surface area contributed by atoms with Crippen LogP contribution in [0.5, 0.6) is 0 Å². The molecule has 0 spiro atoms. The van der Waals surface area contributed by atoms with Gasteiger partial charge in [-0.3, -0.25) is 9.59 Å². The molecule has 1 amide bonds. The Labute approximate surface area is 204 Å². The predicted molar refractivity (Wildman–Crippen MR) is 133 cm³/mol. The first-order valence-corrected chi connectivity index (χ1v) is 12.6. The zero-order valence-electron chi connectivity index (χ0n) is 20.3. The number of aromatic nitrogens is 3. The number of thioether (sulfide) groups is 1. The number of para-hydroxylation sites is 1. The van der Waals surface area contributed by atoms with Gasteiger partial charge in [0.2, 0.25) is 5.91 Å². The van der Waals surface area contributed by atoms with Gasteiger partial charge in [0.25, 0.3) is 0 Å². The van der Waals surface area contributed by atoms with Crippen LogP contribution in [0.25, 0.3) is 0 Å². The third-order valence-corrected chi connectivity index (χ3v) is 7.80. The van der Waals surface area contributed by atoms with Crippen LogP contribution in [0.4, 0.5) is 5.69 Å². The zero-order chi connectivity index (χ0) is 24.5. The Kier molecular flexibility index (Phi) is 7.14. The average Bonchev–Trinajstić information content (AvgIpc) is 3.49. The number of carbonyl (C=O) groups excluding carboxylic acids is 2. The van der Waals surface area contributed by atoms with Crippen molar-refractivity contribution < 1.29 is 14.3 Å². The summed E-state index contributed by atoms with van der Waals surface area (Å²) >= 11 is 1.39. The number of carbonyl (C=O) groups is 2. The molecule has 1 saturated heterocycles. The number of nitrogens with two attached hydrogens (primary N) is 1. The highest BCUT2D eigenvalue weighted by Gasteiger charge is 2.39. The van der Waals surface area contributed by atoms with Crippen LogP contribution in [-0.2, 0) is 32.7 Å². The van der Waals surface area contributed by atoms with Gasteiger partial charge in [0, 0.05) is 49.4 Å². The molecule has 0 unspecified atom stereocenters. The number of hydrogen-bond donors (Lipinski definition) is 1. The maximum atomic E-state index is 13.3. The zero-order valence-corrected chi connectivity index (χ0v) is 21.1. The van der Waals surface area contributed by atoms with E-state index in [0.717, 1.165) is 30.8 Å². The van der Waals surface area contributed by atoms with Crippen LogP contribution in [0.1, 0.15) is 51.4 Å². The van der Waals surface area contributed by atoms with E-state index in [-0.39, 0.29) is 34.9 Å². The molecule has 0 saturated carbocycles. The minimum absolute atomic E-state index is 0.0260. The van der Waals surface area contributed by atoms with Crippen molar-refractivity contribution in [3.8, 4) is 0 Å². The highest BCUT2D eigenvalue weighted by atomic mass is 32.2. The largest absolute Gasteiger partial charge is 0.376 e. The first-order chi connectivity index (χ1) is 16.2. The van der Waals surface area contributed by atoms with Crippen molar-refractivity contribution in [1.82, 2.24) is 14.8 Å². The van der Waals surface area contributed by atoms with Gasteiger partial charge < -0.3 is 19.9 Å². The summed E-state index contributed by atoms with van der Waals surface area (Å²) in [5.74, 6) is 0.348. The smallest absolute Gasteiger partial charge is 0.217 e. The van der Waals surface area contributed by atoms with Gasteiger partial charge in [-0.15, -0.1) is 10.2 Å². The van der Waals surface area contributed by atoms with E-state index in [4.69, 9.17) is 10.5 Å². The number of fused-ring (bicyclic) bond motifs is 1. The van der Waals surface area contributed by atoms with Crippen molar-refractivity contribution in [3.05, 3.63) is 47.4 Å². The van der Waals surface area contributed by atoms with E-state index in [1.165, 1.54) is 17.3 Å². The van der Waals surface area contributed by atoms with Crippen LogP contribution in [0, 0.1) is 0 Å². The summed E-state index contributed by atoms with van der Waals surface area (Å²) in [6.45, 7) is 7.55. The van der Waals surface area contributed by atoms with Crippen molar-refractivity contribution in [2.24, 2.45) is 5.73 Å². The SMILES string of the molecule is C[C@H](Sc1nnc(CCC(N)=O)n1C[C@@H]1CCCO1)C(=O)/C=C1/N(C)c2ccccc2C1(C)C. The number of nitrogens with zero attached hydrogens (tertiary/aromatic N) is 4. The van der Waals surface area contributed by atoms with E-state index in [1.54, 1.807) is 6.08 Å². The van der Waals surface area contributed by atoms with Gasteiger partial charge in [-0.05, 0) is 31.4 Å². The van der Waals surface area contributed by atoms with Crippen LogP contribution in [0.2, 0.25) is 0 Å². The lowest BCUT2D eigenvalue weighted by Crippen LogP contribution is -2.25.